The van der Waals surface area contributed by atoms with Gasteiger partial charge in [-0.3, -0.25) is 5.32 Å². The van der Waals surface area contributed by atoms with Crippen molar-refractivity contribution in [3.8, 4) is 6.07 Å². The lowest BCUT2D eigenvalue weighted by Crippen LogP contribution is -2.27. The van der Waals surface area contributed by atoms with Gasteiger partial charge in [0.2, 0.25) is 0 Å². The van der Waals surface area contributed by atoms with Crippen molar-refractivity contribution < 1.29 is 0 Å². The first-order valence-electron chi connectivity index (χ1n) is 6.07. The van der Waals surface area contributed by atoms with E-state index in [4.69, 9.17) is 5.26 Å². The fourth-order valence-electron chi connectivity index (χ4n) is 2.66. The fourth-order valence-corrected chi connectivity index (χ4v) is 2.66. The quantitative estimate of drug-likeness (QED) is 0.782. The van der Waals surface area contributed by atoms with E-state index >= 15 is 0 Å². The Morgan fingerprint density at radius 3 is 2.56 bits per heavy atom. The first-order valence-corrected chi connectivity index (χ1v) is 6.07. The third-order valence-corrected chi connectivity index (χ3v) is 3.43. The molecule has 1 atom stereocenters. The molecule has 16 heavy (non-hydrogen) atoms. The monoisotopic (exact) mass is 214 g/mol. The summed E-state index contributed by atoms with van der Waals surface area (Å²) in [5.74, 6) is 0.704. The molecule has 2 nitrogen and oxygen atoms in total. The van der Waals surface area contributed by atoms with E-state index in [2.05, 4.69) is 35.7 Å². The van der Waals surface area contributed by atoms with Crippen LogP contribution in [-0.2, 0) is 0 Å². The average Bonchev–Trinajstić information content (AvgIpc) is 2.85. The summed E-state index contributed by atoms with van der Waals surface area (Å²) in [6, 6.07) is 13.1. The average molecular weight is 214 g/mol. The van der Waals surface area contributed by atoms with Crippen molar-refractivity contribution in [2.24, 2.45) is 5.92 Å². The van der Waals surface area contributed by atoms with Gasteiger partial charge in [0, 0.05) is 6.04 Å². The molecule has 0 amide bonds. The number of benzene rings is 1. The van der Waals surface area contributed by atoms with Crippen molar-refractivity contribution in [3.05, 3.63) is 35.9 Å². The zero-order valence-electron chi connectivity index (χ0n) is 9.52. The Bertz CT molecular complexity index is 347. The lowest BCUT2D eigenvalue weighted by molar-refractivity contribution is 0.381. The molecule has 1 unspecified atom stereocenters. The molecule has 0 aliphatic heterocycles. The highest BCUT2D eigenvalue weighted by atomic mass is 14.9. The Labute approximate surface area is 97.3 Å². The van der Waals surface area contributed by atoms with Crippen LogP contribution in [0.2, 0.25) is 0 Å². The van der Waals surface area contributed by atoms with Gasteiger partial charge in [-0.2, -0.15) is 5.26 Å². The number of nitrogens with zero attached hydrogens (tertiary/aromatic N) is 1. The highest BCUT2D eigenvalue weighted by molar-refractivity contribution is 5.20. The Hall–Kier alpha value is -1.33. The van der Waals surface area contributed by atoms with Crippen LogP contribution in [0.3, 0.4) is 0 Å². The van der Waals surface area contributed by atoms with E-state index in [9.17, 15) is 0 Å². The molecule has 1 N–H and O–H groups in total. The van der Waals surface area contributed by atoms with Crippen molar-refractivity contribution in [1.29, 1.82) is 5.26 Å². The van der Waals surface area contributed by atoms with Crippen molar-refractivity contribution in [2.75, 3.05) is 6.54 Å². The predicted octanol–water partition coefficient (Wildman–Crippen LogP) is 3.03. The lowest BCUT2D eigenvalue weighted by atomic mass is 9.91. The minimum Gasteiger partial charge on any atom is -0.297 e. The van der Waals surface area contributed by atoms with Crippen LogP contribution in [0.5, 0.6) is 0 Å². The van der Waals surface area contributed by atoms with Crippen molar-refractivity contribution in [1.82, 2.24) is 5.32 Å². The van der Waals surface area contributed by atoms with E-state index in [0.717, 1.165) is 0 Å². The SMILES string of the molecule is N#CCNC(c1ccccc1)C1CCCC1. The summed E-state index contributed by atoms with van der Waals surface area (Å²) in [4.78, 5) is 0. The fraction of sp³-hybridized carbons (Fsp3) is 0.500. The van der Waals surface area contributed by atoms with E-state index in [-0.39, 0.29) is 0 Å². The first-order chi connectivity index (χ1) is 7.92. The second kappa shape index (κ2) is 5.67. The van der Waals surface area contributed by atoms with E-state index < -0.39 is 0 Å². The standard InChI is InChI=1S/C14H18N2/c15-10-11-16-14(13-8-4-5-9-13)12-6-2-1-3-7-12/h1-3,6-7,13-14,16H,4-5,8-9,11H2. The van der Waals surface area contributed by atoms with Crippen LogP contribution in [-0.4, -0.2) is 6.54 Å². The predicted molar refractivity (Wildman–Crippen MR) is 64.8 cm³/mol. The second-order valence-electron chi connectivity index (χ2n) is 4.47. The van der Waals surface area contributed by atoms with Crippen LogP contribution < -0.4 is 5.32 Å². The summed E-state index contributed by atoms with van der Waals surface area (Å²) in [5, 5.41) is 12.1. The minimum absolute atomic E-state index is 0.364. The summed E-state index contributed by atoms with van der Waals surface area (Å²) in [7, 11) is 0. The maximum Gasteiger partial charge on any atom is 0.0845 e. The van der Waals surface area contributed by atoms with Gasteiger partial charge in [0.25, 0.3) is 0 Å². The highest BCUT2D eigenvalue weighted by Gasteiger charge is 2.25. The molecule has 1 fully saturated rings. The van der Waals surface area contributed by atoms with Crippen LogP contribution in [0, 0.1) is 17.2 Å². The third kappa shape index (κ3) is 2.62. The smallest absolute Gasteiger partial charge is 0.0845 e. The number of hydrogen-bond donors (Lipinski definition) is 1. The molecule has 1 aromatic carbocycles. The van der Waals surface area contributed by atoms with Crippen LogP contribution >= 0.6 is 0 Å². The van der Waals surface area contributed by atoms with E-state index in [1.807, 2.05) is 6.07 Å². The molecule has 1 aliphatic rings. The minimum atomic E-state index is 0.364. The molecule has 84 valence electrons. The maximum atomic E-state index is 8.69. The summed E-state index contributed by atoms with van der Waals surface area (Å²) in [5.41, 5.74) is 1.32. The number of nitrogens with one attached hydrogen (secondary N) is 1. The highest BCUT2D eigenvalue weighted by Crippen LogP contribution is 2.35. The Balaban J connectivity index is 2.11. The molecule has 1 aromatic rings. The van der Waals surface area contributed by atoms with Gasteiger partial charge in [-0.25, -0.2) is 0 Å². The van der Waals surface area contributed by atoms with Crippen molar-refractivity contribution in [3.63, 3.8) is 0 Å². The molecule has 1 aliphatic carbocycles. The Morgan fingerprint density at radius 2 is 1.94 bits per heavy atom. The Morgan fingerprint density at radius 1 is 1.25 bits per heavy atom. The summed E-state index contributed by atoms with van der Waals surface area (Å²) in [6.07, 6.45) is 5.25. The van der Waals surface area contributed by atoms with Crippen molar-refractivity contribution in [2.45, 2.75) is 31.7 Å². The van der Waals surface area contributed by atoms with Gasteiger partial charge < -0.3 is 0 Å². The lowest BCUT2D eigenvalue weighted by Gasteiger charge is -2.24. The van der Waals surface area contributed by atoms with Crippen LogP contribution in [0.25, 0.3) is 0 Å². The zero-order chi connectivity index (χ0) is 11.2. The van der Waals surface area contributed by atoms with Gasteiger partial charge in [-0.1, -0.05) is 43.2 Å². The largest absolute Gasteiger partial charge is 0.297 e. The molecule has 1 saturated carbocycles. The molecular formula is C14H18N2. The molecule has 0 bridgehead atoms. The summed E-state index contributed by atoms with van der Waals surface area (Å²) >= 11 is 0. The zero-order valence-corrected chi connectivity index (χ0v) is 9.52. The van der Waals surface area contributed by atoms with E-state index in [1.54, 1.807) is 0 Å². The van der Waals surface area contributed by atoms with E-state index in [0.29, 0.717) is 18.5 Å². The van der Waals surface area contributed by atoms with Crippen molar-refractivity contribution >= 4 is 0 Å². The molecule has 0 spiro atoms. The van der Waals surface area contributed by atoms with Crippen LogP contribution in [0.4, 0.5) is 0 Å². The maximum absolute atomic E-state index is 8.69. The van der Waals surface area contributed by atoms with Gasteiger partial charge in [0.15, 0.2) is 0 Å². The number of nitriles is 1. The topological polar surface area (TPSA) is 35.8 Å². The number of rotatable bonds is 4. The van der Waals surface area contributed by atoms with Gasteiger partial charge in [0.05, 0.1) is 12.6 Å². The van der Waals surface area contributed by atoms with Crippen LogP contribution in [0.1, 0.15) is 37.3 Å². The molecule has 0 saturated heterocycles. The normalized spacial score (nSPS) is 18.2. The van der Waals surface area contributed by atoms with E-state index in [1.165, 1.54) is 31.2 Å². The van der Waals surface area contributed by atoms with Gasteiger partial charge >= 0.3 is 0 Å². The molecule has 0 aromatic heterocycles. The second-order valence-corrected chi connectivity index (χ2v) is 4.47. The van der Waals surface area contributed by atoms with Gasteiger partial charge in [-0.05, 0) is 24.3 Å². The molecule has 0 heterocycles. The molecule has 2 heteroatoms. The first kappa shape index (κ1) is 11.2. The Kier molecular flexibility index (Phi) is 3.96. The van der Waals surface area contributed by atoms with Gasteiger partial charge in [-0.15, -0.1) is 0 Å². The summed E-state index contributed by atoms with van der Waals surface area (Å²) < 4.78 is 0. The van der Waals surface area contributed by atoms with Crippen LogP contribution in [0.15, 0.2) is 30.3 Å². The third-order valence-electron chi connectivity index (χ3n) is 3.43. The summed E-state index contributed by atoms with van der Waals surface area (Å²) in [6.45, 7) is 0.441. The van der Waals surface area contributed by atoms with Gasteiger partial charge in [0.1, 0.15) is 0 Å². The molecule has 0 radical (unpaired) electrons. The molecule has 2 rings (SSSR count). The number of hydrogen-bond acceptors (Lipinski definition) is 2. The molecular weight excluding hydrogens is 196 g/mol.